The molecule has 94 valence electrons. The van der Waals surface area contributed by atoms with Gasteiger partial charge in [0.15, 0.2) is 0 Å². The third-order valence-electron chi connectivity index (χ3n) is 2.64. The lowest BCUT2D eigenvalue weighted by molar-refractivity contribution is -0.121. The van der Waals surface area contributed by atoms with Crippen LogP contribution in [0.25, 0.3) is 0 Å². The van der Waals surface area contributed by atoms with Crippen LogP contribution in [0.1, 0.15) is 31.2 Å². The first-order chi connectivity index (χ1) is 8.24. The molecule has 0 radical (unpaired) electrons. The Morgan fingerprint density at radius 2 is 1.94 bits per heavy atom. The second-order valence-electron chi connectivity index (χ2n) is 4.07. The van der Waals surface area contributed by atoms with Crippen LogP contribution in [0, 0.1) is 0 Å². The van der Waals surface area contributed by atoms with E-state index >= 15 is 0 Å². The van der Waals surface area contributed by atoms with Crippen molar-refractivity contribution in [3.63, 3.8) is 0 Å². The van der Waals surface area contributed by atoms with Gasteiger partial charge in [-0.05, 0) is 31.0 Å². The maximum atomic E-state index is 11.5. The molecule has 4 heteroatoms. The molecule has 0 bridgehead atoms. The number of nitrogens with two attached hydrogens (primary N) is 2. The van der Waals surface area contributed by atoms with Gasteiger partial charge < -0.3 is 16.8 Å². The van der Waals surface area contributed by atoms with Crippen LogP contribution < -0.4 is 16.8 Å². The van der Waals surface area contributed by atoms with Crippen molar-refractivity contribution in [2.75, 3.05) is 12.3 Å². The monoisotopic (exact) mass is 235 g/mol. The molecule has 17 heavy (non-hydrogen) atoms. The van der Waals surface area contributed by atoms with Gasteiger partial charge in [-0.25, -0.2) is 0 Å². The molecule has 4 nitrogen and oxygen atoms in total. The second kappa shape index (κ2) is 7.68. The fourth-order valence-electron chi connectivity index (χ4n) is 1.58. The number of anilines is 1. The van der Waals surface area contributed by atoms with Gasteiger partial charge in [0.05, 0.1) is 0 Å². The number of carbonyl (C=O) groups is 1. The highest BCUT2D eigenvalue weighted by Crippen LogP contribution is 2.09. The molecule has 0 saturated heterocycles. The van der Waals surface area contributed by atoms with Crippen molar-refractivity contribution in [3.05, 3.63) is 29.8 Å². The molecule has 0 fully saturated rings. The van der Waals surface area contributed by atoms with Crippen molar-refractivity contribution in [3.8, 4) is 0 Å². The molecule has 0 spiro atoms. The average Bonchev–Trinajstić information content (AvgIpc) is 2.34. The summed E-state index contributed by atoms with van der Waals surface area (Å²) in [7, 11) is 0. The Bertz CT molecular complexity index is 352. The molecule has 5 N–H and O–H groups in total. The summed E-state index contributed by atoms with van der Waals surface area (Å²) in [5, 5.41) is 2.87. The van der Waals surface area contributed by atoms with Gasteiger partial charge in [0.25, 0.3) is 0 Å². The average molecular weight is 235 g/mol. The van der Waals surface area contributed by atoms with Gasteiger partial charge in [-0.1, -0.05) is 24.6 Å². The topological polar surface area (TPSA) is 81.1 Å². The van der Waals surface area contributed by atoms with Crippen LogP contribution in [-0.4, -0.2) is 12.5 Å². The van der Waals surface area contributed by atoms with E-state index in [0.29, 0.717) is 19.5 Å². The molecule has 0 aliphatic rings. The Hall–Kier alpha value is -1.55. The van der Waals surface area contributed by atoms with Crippen LogP contribution in [0.15, 0.2) is 24.3 Å². The molecule has 0 aromatic heterocycles. The Labute approximate surface area is 102 Å². The Kier molecular flexibility index (Phi) is 6.10. The van der Waals surface area contributed by atoms with E-state index in [1.165, 1.54) is 0 Å². The molecule has 1 aromatic carbocycles. The smallest absolute Gasteiger partial charge is 0.220 e. The van der Waals surface area contributed by atoms with Crippen LogP contribution in [0.2, 0.25) is 0 Å². The van der Waals surface area contributed by atoms with Crippen LogP contribution in [0.5, 0.6) is 0 Å². The summed E-state index contributed by atoms with van der Waals surface area (Å²) in [5.74, 6) is 0.0743. The zero-order chi connectivity index (χ0) is 12.5. The minimum absolute atomic E-state index is 0.0743. The van der Waals surface area contributed by atoms with Gasteiger partial charge >= 0.3 is 0 Å². The Morgan fingerprint density at radius 1 is 1.18 bits per heavy atom. The number of nitrogens with one attached hydrogen (secondary N) is 1. The maximum Gasteiger partial charge on any atom is 0.220 e. The minimum Gasteiger partial charge on any atom is -0.398 e. The number of carbonyl (C=O) groups excluding carboxylic acids is 1. The third kappa shape index (κ3) is 5.36. The van der Waals surface area contributed by atoms with E-state index in [0.717, 1.165) is 30.5 Å². The van der Waals surface area contributed by atoms with E-state index in [9.17, 15) is 4.79 Å². The maximum absolute atomic E-state index is 11.5. The number of hydrogen-bond acceptors (Lipinski definition) is 3. The van der Waals surface area contributed by atoms with E-state index < -0.39 is 0 Å². The summed E-state index contributed by atoms with van der Waals surface area (Å²) in [4.78, 5) is 11.5. The van der Waals surface area contributed by atoms with Crippen LogP contribution >= 0.6 is 0 Å². The summed E-state index contributed by atoms with van der Waals surface area (Å²) in [6.07, 6.45) is 3.45. The number of nitrogen functional groups attached to an aromatic ring is 1. The zero-order valence-electron chi connectivity index (χ0n) is 10.1. The Balaban J connectivity index is 2.22. The molecule has 0 unspecified atom stereocenters. The second-order valence-corrected chi connectivity index (χ2v) is 4.07. The SMILES string of the molecule is NCCCCCC(=O)NCc1ccccc1N. The first-order valence-electron chi connectivity index (χ1n) is 6.04. The van der Waals surface area contributed by atoms with Crippen molar-refractivity contribution in [2.45, 2.75) is 32.2 Å². The van der Waals surface area contributed by atoms with Gasteiger partial charge in [-0.3, -0.25) is 4.79 Å². The highest BCUT2D eigenvalue weighted by molar-refractivity contribution is 5.76. The number of unbranched alkanes of at least 4 members (excludes halogenated alkanes) is 2. The summed E-state index contributed by atoms with van der Waals surface area (Å²) < 4.78 is 0. The van der Waals surface area contributed by atoms with Gasteiger partial charge in [-0.2, -0.15) is 0 Å². The lowest BCUT2D eigenvalue weighted by Crippen LogP contribution is -2.22. The number of rotatable bonds is 7. The summed E-state index contributed by atoms with van der Waals surface area (Å²) >= 11 is 0. The molecular formula is C13H21N3O. The fourth-order valence-corrected chi connectivity index (χ4v) is 1.58. The quantitative estimate of drug-likeness (QED) is 0.493. The predicted octanol–water partition coefficient (Wildman–Crippen LogP) is 1.40. The van der Waals surface area contributed by atoms with Gasteiger partial charge in [-0.15, -0.1) is 0 Å². The number of hydrogen-bond donors (Lipinski definition) is 3. The van der Waals surface area contributed by atoms with E-state index in [-0.39, 0.29) is 5.91 Å². The largest absolute Gasteiger partial charge is 0.398 e. The van der Waals surface area contributed by atoms with E-state index in [4.69, 9.17) is 11.5 Å². The fraction of sp³-hybridized carbons (Fsp3) is 0.462. The normalized spacial score (nSPS) is 10.2. The first-order valence-corrected chi connectivity index (χ1v) is 6.04. The molecule has 0 aliphatic heterocycles. The molecule has 0 atom stereocenters. The van der Waals surface area contributed by atoms with Crippen LogP contribution in [-0.2, 0) is 11.3 Å². The van der Waals surface area contributed by atoms with Crippen molar-refractivity contribution in [1.82, 2.24) is 5.32 Å². The standard InChI is InChI=1S/C13H21N3O/c14-9-5-1-2-8-13(17)16-10-11-6-3-4-7-12(11)15/h3-4,6-7H,1-2,5,8-10,14-15H2,(H,16,17). The van der Waals surface area contributed by atoms with Gasteiger partial charge in [0, 0.05) is 18.7 Å². The molecule has 1 rings (SSSR count). The minimum atomic E-state index is 0.0743. The number of amides is 1. The Morgan fingerprint density at radius 3 is 2.65 bits per heavy atom. The predicted molar refractivity (Wildman–Crippen MR) is 70.2 cm³/mol. The number of benzene rings is 1. The lowest BCUT2D eigenvalue weighted by Gasteiger charge is -2.07. The van der Waals surface area contributed by atoms with Crippen molar-refractivity contribution < 1.29 is 4.79 Å². The number of para-hydroxylation sites is 1. The molecule has 0 heterocycles. The lowest BCUT2D eigenvalue weighted by atomic mass is 10.1. The summed E-state index contributed by atoms with van der Waals surface area (Å²) in [5.41, 5.74) is 12.8. The molecule has 1 aromatic rings. The summed E-state index contributed by atoms with van der Waals surface area (Å²) in [6, 6.07) is 7.55. The van der Waals surface area contributed by atoms with Crippen LogP contribution in [0.4, 0.5) is 5.69 Å². The molecular weight excluding hydrogens is 214 g/mol. The van der Waals surface area contributed by atoms with Crippen LogP contribution in [0.3, 0.4) is 0 Å². The molecule has 1 amide bonds. The van der Waals surface area contributed by atoms with Crippen molar-refractivity contribution >= 4 is 11.6 Å². The molecule has 0 aliphatic carbocycles. The van der Waals surface area contributed by atoms with Crippen molar-refractivity contribution in [1.29, 1.82) is 0 Å². The van der Waals surface area contributed by atoms with E-state index in [2.05, 4.69) is 5.32 Å². The summed E-state index contributed by atoms with van der Waals surface area (Å²) in [6.45, 7) is 1.20. The highest BCUT2D eigenvalue weighted by atomic mass is 16.1. The zero-order valence-corrected chi connectivity index (χ0v) is 10.1. The van der Waals surface area contributed by atoms with Gasteiger partial charge in [0.1, 0.15) is 0 Å². The van der Waals surface area contributed by atoms with Gasteiger partial charge in [0.2, 0.25) is 5.91 Å². The van der Waals surface area contributed by atoms with E-state index in [1.54, 1.807) is 0 Å². The van der Waals surface area contributed by atoms with Crippen molar-refractivity contribution in [2.24, 2.45) is 5.73 Å². The van der Waals surface area contributed by atoms with E-state index in [1.807, 2.05) is 24.3 Å². The highest BCUT2D eigenvalue weighted by Gasteiger charge is 2.02. The third-order valence-corrected chi connectivity index (χ3v) is 2.64. The first kappa shape index (κ1) is 13.5. The molecule has 0 saturated carbocycles.